The van der Waals surface area contributed by atoms with Crippen LogP contribution in [0, 0.1) is 0 Å². The van der Waals surface area contributed by atoms with Crippen LogP contribution in [0.5, 0.6) is 0 Å². The fraction of sp³-hybridized carbons (Fsp3) is 0.0385. The van der Waals surface area contributed by atoms with Crippen LogP contribution in [0.25, 0.3) is 27.6 Å². The average Bonchev–Trinajstić information content (AvgIpc) is 3.06. The summed E-state index contributed by atoms with van der Waals surface area (Å²) >= 11 is 6.73. The summed E-state index contributed by atoms with van der Waals surface area (Å²) in [6, 6.07) is 24.4. The summed E-state index contributed by atoms with van der Waals surface area (Å²) in [7, 11) is 0. The van der Waals surface area contributed by atoms with E-state index in [1.165, 1.54) is 0 Å². The summed E-state index contributed by atoms with van der Waals surface area (Å²) in [5, 5.41) is 4.15. The highest BCUT2D eigenvalue weighted by atomic mass is 35.5. The molecule has 1 fully saturated rings. The molecule has 0 saturated carbocycles. The van der Waals surface area contributed by atoms with Gasteiger partial charge in [-0.15, -0.1) is 0 Å². The molecule has 0 N–H and O–H groups in total. The van der Waals surface area contributed by atoms with Crippen molar-refractivity contribution in [2.75, 3.05) is 6.54 Å². The molecule has 5 rings (SSSR count). The Morgan fingerprint density at radius 2 is 1.47 bits per heavy atom. The molecule has 2 amide bonds. The summed E-state index contributed by atoms with van der Waals surface area (Å²) in [6.07, 6.45) is 1.77. The molecule has 1 saturated heterocycles. The van der Waals surface area contributed by atoms with E-state index in [2.05, 4.69) is 6.07 Å². The standard InChI is InChI=1S/C26H16ClNO3S/c27-19-11-9-16(10-12-19)23(29)15-28-25(30)24(32-26(28)31)14-22-20-7-3-1-5-17(20)13-18-6-2-4-8-21(18)22/h1-14H,15H2/b24-14+. The van der Waals surface area contributed by atoms with Gasteiger partial charge in [0.2, 0.25) is 0 Å². The molecule has 1 aliphatic rings. The van der Waals surface area contributed by atoms with Gasteiger partial charge >= 0.3 is 0 Å². The Hall–Kier alpha value is -3.41. The first-order chi connectivity index (χ1) is 15.5. The maximum atomic E-state index is 13.1. The number of ketones is 1. The van der Waals surface area contributed by atoms with E-state index in [-0.39, 0.29) is 12.3 Å². The maximum Gasteiger partial charge on any atom is 0.293 e. The second-order valence-electron chi connectivity index (χ2n) is 7.43. The second-order valence-corrected chi connectivity index (χ2v) is 8.86. The average molecular weight is 458 g/mol. The molecule has 4 aromatic rings. The van der Waals surface area contributed by atoms with Crippen LogP contribution in [0.15, 0.2) is 83.8 Å². The SMILES string of the molecule is O=C(CN1C(=O)S/C(=C/c2c3ccccc3cc3ccccc23)C1=O)c1ccc(Cl)cc1. The summed E-state index contributed by atoms with van der Waals surface area (Å²) in [5.74, 6) is -0.778. The Balaban J connectivity index is 1.52. The molecule has 0 aliphatic carbocycles. The van der Waals surface area contributed by atoms with Gasteiger partial charge < -0.3 is 0 Å². The summed E-state index contributed by atoms with van der Waals surface area (Å²) in [5.41, 5.74) is 1.28. The fourth-order valence-electron chi connectivity index (χ4n) is 3.84. The highest BCUT2D eigenvalue weighted by molar-refractivity contribution is 8.18. The summed E-state index contributed by atoms with van der Waals surface area (Å²) < 4.78 is 0. The zero-order chi connectivity index (χ0) is 22.2. The van der Waals surface area contributed by atoms with E-state index in [4.69, 9.17) is 11.6 Å². The van der Waals surface area contributed by atoms with Crippen LogP contribution in [0.3, 0.4) is 0 Å². The lowest BCUT2D eigenvalue weighted by atomic mass is 9.96. The van der Waals surface area contributed by atoms with E-state index in [1.807, 2.05) is 48.5 Å². The van der Waals surface area contributed by atoms with Crippen LogP contribution >= 0.6 is 23.4 Å². The van der Waals surface area contributed by atoms with Crippen molar-refractivity contribution >= 4 is 67.9 Å². The molecular weight excluding hydrogens is 442 g/mol. The normalized spacial score (nSPS) is 15.3. The zero-order valence-electron chi connectivity index (χ0n) is 16.7. The molecule has 0 aromatic heterocycles. The van der Waals surface area contributed by atoms with E-state index < -0.39 is 11.1 Å². The number of carbonyl (C=O) groups is 3. The molecule has 0 unspecified atom stereocenters. The van der Waals surface area contributed by atoms with Gasteiger partial charge in [0.15, 0.2) is 5.78 Å². The van der Waals surface area contributed by atoms with Gasteiger partial charge in [-0.3, -0.25) is 19.3 Å². The van der Waals surface area contributed by atoms with Gasteiger partial charge in [-0.1, -0.05) is 60.1 Å². The Kier molecular flexibility index (Phi) is 5.29. The Bertz CT molecular complexity index is 1390. The van der Waals surface area contributed by atoms with E-state index in [1.54, 1.807) is 30.3 Å². The minimum absolute atomic E-state index is 0.306. The molecule has 4 nitrogen and oxygen atoms in total. The van der Waals surface area contributed by atoms with E-state index in [0.717, 1.165) is 43.8 Å². The van der Waals surface area contributed by atoms with Crippen molar-refractivity contribution in [1.82, 2.24) is 4.90 Å². The lowest BCUT2D eigenvalue weighted by Gasteiger charge is -2.12. The number of carbonyl (C=O) groups excluding carboxylic acids is 3. The van der Waals surface area contributed by atoms with Crippen molar-refractivity contribution in [3.8, 4) is 0 Å². The number of rotatable bonds is 4. The number of benzene rings is 4. The summed E-state index contributed by atoms with van der Waals surface area (Å²) in [6.45, 7) is -0.306. The highest BCUT2D eigenvalue weighted by Gasteiger charge is 2.36. The van der Waals surface area contributed by atoms with E-state index >= 15 is 0 Å². The van der Waals surface area contributed by atoms with Gasteiger partial charge in [0.05, 0.1) is 11.4 Å². The van der Waals surface area contributed by atoms with Crippen LogP contribution in [0.4, 0.5) is 4.79 Å². The number of Topliss-reactive ketones (excluding diaryl/α,β-unsaturated/α-hetero) is 1. The molecule has 0 radical (unpaired) electrons. The Morgan fingerprint density at radius 3 is 2.09 bits per heavy atom. The van der Waals surface area contributed by atoms with E-state index in [0.29, 0.717) is 15.5 Å². The molecule has 4 aromatic carbocycles. The van der Waals surface area contributed by atoms with Crippen molar-refractivity contribution in [3.05, 3.63) is 99.9 Å². The van der Waals surface area contributed by atoms with Gasteiger partial charge in [-0.25, -0.2) is 0 Å². The Morgan fingerprint density at radius 1 is 0.875 bits per heavy atom. The van der Waals surface area contributed by atoms with Crippen molar-refractivity contribution in [2.45, 2.75) is 0 Å². The molecule has 0 atom stereocenters. The van der Waals surface area contributed by atoms with Crippen molar-refractivity contribution in [2.24, 2.45) is 0 Å². The van der Waals surface area contributed by atoms with Crippen molar-refractivity contribution in [3.63, 3.8) is 0 Å². The molecule has 32 heavy (non-hydrogen) atoms. The predicted octanol–water partition coefficient (Wildman–Crippen LogP) is 6.57. The van der Waals surface area contributed by atoms with Gasteiger partial charge in [0.25, 0.3) is 11.1 Å². The van der Waals surface area contributed by atoms with Gasteiger partial charge in [0.1, 0.15) is 0 Å². The third kappa shape index (κ3) is 3.70. The number of fused-ring (bicyclic) bond motifs is 2. The van der Waals surface area contributed by atoms with Crippen LogP contribution in [0.1, 0.15) is 15.9 Å². The van der Waals surface area contributed by atoms with Crippen LogP contribution < -0.4 is 0 Å². The minimum Gasteiger partial charge on any atom is -0.292 e. The van der Waals surface area contributed by atoms with Gasteiger partial charge in [-0.2, -0.15) is 0 Å². The molecule has 0 spiro atoms. The van der Waals surface area contributed by atoms with Gasteiger partial charge in [0, 0.05) is 10.6 Å². The molecule has 0 bridgehead atoms. The molecule has 1 aliphatic heterocycles. The van der Waals surface area contributed by atoms with Crippen molar-refractivity contribution < 1.29 is 14.4 Å². The summed E-state index contributed by atoms with van der Waals surface area (Å²) in [4.78, 5) is 39.5. The first-order valence-corrected chi connectivity index (χ1v) is 11.2. The molecule has 6 heteroatoms. The molecular formula is C26H16ClNO3S. The van der Waals surface area contributed by atoms with E-state index in [9.17, 15) is 14.4 Å². The first kappa shape index (κ1) is 20.5. The number of halogens is 1. The lowest BCUT2D eigenvalue weighted by Crippen LogP contribution is -2.33. The zero-order valence-corrected chi connectivity index (χ0v) is 18.3. The highest BCUT2D eigenvalue weighted by Crippen LogP contribution is 2.36. The number of amides is 2. The third-order valence-corrected chi connectivity index (χ3v) is 6.59. The van der Waals surface area contributed by atoms with Crippen molar-refractivity contribution in [1.29, 1.82) is 0 Å². The predicted molar refractivity (Wildman–Crippen MR) is 130 cm³/mol. The largest absolute Gasteiger partial charge is 0.293 e. The monoisotopic (exact) mass is 457 g/mol. The number of hydrogen-bond donors (Lipinski definition) is 0. The fourth-order valence-corrected chi connectivity index (χ4v) is 4.79. The topological polar surface area (TPSA) is 54.5 Å². The quantitative estimate of drug-likeness (QED) is 0.198. The molecule has 156 valence electrons. The van der Waals surface area contributed by atoms with Crippen LogP contribution in [0.2, 0.25) is 5.02 Å². The lowest BCUT2D eigenvalue weighted by molar-refractivity contribution is -0.122. The number of nitrogens with zero attached hydrogens (tertiary/aromatic N) is 1. The van der Waals surface area contributed by atoms with Crippen LogP contribution in [-0.2, 0) is 4.79 Å². The third-order valence-electron chi connectivity index (χ3n) is 5.43. The maximum absolute atomic E-state index is 13.1. The number of thioether (sulfide) groups is 1. The smallest absolute Gasteiger partial charge is 0.292 e. The minimum atomic E-state index is -0.459. The number of hydrogen-bond acceptors (Lipinski definition) is 4. The Labute approximate surface area is 193 Å². The first-order valence-electron chi connectivity index (χ1n) is 9.96. The van der Waals surface area contributed by atoms with Gasteiger partial charge in [-0.05, 0) is 75.3 Å². The van der Waals surface area contributed by atoms with Crippen LogP contribution in [-0.4, -0.2) is 28.4 Å². The number of imide groups is 1. The molecule has 1 heterocycles. The second kappa shape index (κ2) is 8.26.